The lowest BCUT2D eigenvalue weighted by Crippen LogP contribution is -2.48. The normalized spacial score (nSPS) is 14.7. The number of piperazine rings is 1. The van der Waals surface area contributed by atoms with Gasteiger partial charge in [-0.1, -0.05) is 53.6 Å². The van der Waals surface area contributed by atoms with Crippen LogP contribution in [-0.4, -0.2) is 46.6 Å². The van der Waals surface area contributed by atoms with Crippen molar-refractivity contribution in [1.82, 2.24) is 14.4 Å². The number of amides is 1. The molecule has 5 nitrogen and oxygen atoms in total. The first-order valence-electron chi connectivity index (χ1n) is 12.2. The van der Waals surface area contributed by atoms with E-state index in [0.29, 0.717) is 19.7 Å². The Morgan fingerprint density at radius 1 is 0.824 bits per heavy atom. The molecule has 1 aliphatic rings. The Hall–Kier alpha value is -3.31. The third-order valence-corrected chi connectivity index (χ3v) is 6.83. The number of carbonyl (C=O) groups is 1. The Bertz CT molecular complexity index is 1310. The highest BCUT2D eigenvalue weighted by atomic mass is 16.6. The first-order chi connectivity index (χ1) is 16.5. The molecule has 0 spiro atoms. The molecule has 0 unspecified atom stereocenters. The number of hydrogen-bond donors (Lipinski definition) is 0. The second-order valence-corrected chi connectivity index (χ2v) is 9.43. The van der Waals surface area contributed by atoms with Gasteiger partial charge in [-0.2, -0.15) is 0 Å². The second kappa shape index (κ2) is 9.51. The van der Waals surface area contributed by atoms with Crippen LogP contribution >= 0.6 is 0 Å². The number of nitrogens with zero attached hydrogens (tertiary/aromatic N) is 3. The topological polar surface area (TPSA) is 37.7 Å². The van der Waals surface area contributed by atoms with Crippen LogP contribution in [0.3, 0.4) is 0 Å². The van der Waals surface area contributed by atoms with Crippen molar-refractivity contribution in [2.45, 2.75) is 40.5 Å². The summed E-state index contributed by atoms with van der Waals surface area (Å²) in [4.78, 5) is 16.8. The summed E-state index contributed by atoms with van der Waals surface area (Å²) in [7, 11) is 0. The van der Waals surface area contributed by atoms with Gasteiger partial charge in [-0.15, -0.1) is 0 Å². The minimum Gasteiger partial charge on any atom is -0.445 e. The van der Waals surface area contributed by atoms with Crippen molar-refractivity contribution in [2.24, 2.45) is 0 Å². The van der Waals surface area contributed by atoms with Gasteiger partial charge >= 0.3 is 6.09 Å². The summed E-state index contributed by atoms with van der Waals surface area (Å²) in [5.74, 6) is 0. The molecule has 0 N–H and O–H groups in total. The smallest absolute Gasteiger partial charge is 0.410 e. The highest BCUT2D eigenvalue weighted by molar-refractivity contribution is 6.08. The summed E-state index contributed by atoms with van der Waals surface area (Å²) in [6.07, 6.45) is -0.215. The molecular weight excluding hydrogens is 422 g/mol. The molecule has 2 heterocycles. The lowest BCUT2D eigenvalue weighted by atomic mass is 10.1. The van der Waals surface area contributed by atoms with Crippen LogP contribution in [0.4, 0.5) is 4.79 Å². The van der Waals surface area contributed by atoms with Gasteiger partial charge in [0.15, 0.2) is 0 Å². The van der Waals surface area contributed by atoms with Crippen molar-refractivity contribution in [1.29, 1.82) is 0 Å². The minimum absolute atomic E-state index is 0.215. The van der Waals surface area contributed by atoms with E-state index in [9.17, 15) is 4.79 Å². The van der Waals surface area contributed by atoms with E-state index < -0.39 is 0 Å². The van der Waals surface area contributed by atoms with Crippen molar-refractivity contribution in [3.05, 3.63) is 82.9 Å². The van der Waals surface area contributed by atoms with Crippen molar-refractivity contribution >= 4 is 27.9 Å². The standard InChI is InChI=1S/C29H33N3O2/c1-4-32-27-8-6-5-7-25(27)26-18-23(9-10-28(26)32)19-30-11-13-31(14-12-30)29(33)34-20-24-16-21(2)15-22(3)17-24/h5-10,15-18H,4,11-14,19-20H2,1-3H3. The maximum absolute atomic E-state index is 12.6. The van der Waals surface area contributed by atoms with Gasteiger partial charge < -0.3 is 14.2 Å². The van der Waals surface area contributed by atoms with Crippen molar-refractivity contribution in [3.63, 3.8) is 0 Å². The fourth-order valence-corrected chi connectivity index (χ4v) is 5.28. The van der Waals surface area contributed by atoms with Gasteiger partial charge in [-0.25, -0.2) is 4.79 Å². The van der Waals surface area contributed by atoms with Crippen LogP contribution in [-0.2, 0) is 24.4 Å². The van der Waals surface area contributed by atoms with Crippen LogP contribution in [0.1, 0.15) is 29.2 Å². The Morgan fingerprint density at radius 2 is 1.53 bits per heavy atom. The van der Waals surface area contributed by atoms with Gasteiger partial charge in [-0.3, -0.25) is 4.90 Å². The summed E-state index contributed by atoms with van der Waals surface area (Å²) in [5, 5.41) is 2.64. The van der Waals surface area contributed by atoms with Gasteiger partial charge in [-0.05, 0) is 50.1 Å². The van der Waals surface area contributed by atoms with Crippen LogP contribution in [0.15, 0.2) is 60.7 Å². The molecule has 0 radical (unpaired) electrons. The van der Waals surface area contributed by atoms with E-state index in [1.165, 1.54) is 38.5 Å². The number of fused-ring (bicyclic) bond motifs is 3. The molecule has 0 aliphatic carbocycles. The molecule has 5 heteroatoms. The van der Waals surface area contributed by atoms with Crippen molar-refractivity contribution in [2.75, 3.05) is 26.2 Å². The monoisotopic (exact) mass is 455 g/mol. The van der Waals surface area contributed by atoms with E-state index in [1.54, 1.807) is 0 Å². The molecule has 1 aromatic heterocycles. The van der Waals surface area contributed by atoms with E-state index in [0.717, 1.165) is 31.7 Å². The van der Waals surface area contributed by atoms with E-state index in [-0.39, 0.29) is 6.09 Å². The Balaban J connectivity index is 1.20. The maximum atomic E-state index is 12.6. The number of rotatable bonds is 5. The Labute approximate surface area is 201 Å². The summed E-state index contributed by atoms with van der Waals surface area (Å²) < 4.78 is 7.99. The average Bonchev–Trinajstić information content (AvgIpc) is 3.15. The molecule has 34 heavy (non-hydrogen) atoms. The molecule has 176 valence electrons. The van der Waals surface area contributed by atoms with Gasteiger partial charge in [0.2, 0.25) is 0 Å². The molecular formula is C29H33N3O2. The molecule has 1 saturated heterocycles. The number of carbonyl (C=O) groups excluding carboxylic acids is 1. The Kier molecular flexibility index (Phi) is 6.29. The molecule has 3 aromatic carbocycles. The maximum Gasteiger partial charge on any atom is 0.410 e. The molecule has 5 rings (SSSR count). The van der Waals surface area contributed by atoms with Crippen molar-refractivity contribution in [3.8, 4) is 0 Å². The summed E-state index contributed by atoms with van der Waals surface area (Å²) in [6, 6.07) is 21.8. The number of benzene rings is 3. The summed E-state index contributed by atoms with van der Waals surface area (Å²) in [5.41, 5.74) is 7.34. The van der Waals surface area contributed by atoms with Gasteiger partial charge in [0.05, 0.1) is 0 Å². The molecule has 0 atom stereocenters. The zero-order valence-corrected chi connectivity index (χ0v) is 20.4. The molecule has 0 saturated carbocycles. The second-order valence-electron chi connectivity index (χ2n) is 9.43. The quantitative estimate of drug-likeness (QED) is 0.377. The van der Waals surface area contributed by atoms with Crippen LogP contribution in [0.2, 0.25) is 0 Å². The molecule has 1 aliphatic heterocycles. The van der Waals surface area contributed by atoms with E-state index >= 15 is 0 Å². The highest BCUT2D eigenvalue weighted by Crippen LogP contribution is 2.30. The van der Waals surface area contributed by atoms with Crippen LogP contribution in [0.25, 0.3) is 21.8 Å². The van der Waals surface area contributed by atoms with E-state index in [4.69, 9.17) is 4.74 Å². The predicted molar refractivity (Wildman–Crippen MR) is 138 cm³/mol. The summed E-state index contributed by atoms with van der Waals surface area (Å²) >= 11 is 0. The summed E-state index contributed by atoms with van der Waals surface area (Å²) in [6.45, 7) is 11.6. The molecule has 4 aromatic rings. The predicted octanol–water partition coefficient (Wildman–Crippen LogP) is 5.89. The van der Waals surface area contributed by atoms with Gasteiger partial charge in [0, 0.05) is 61.1 Å². The van der Waals surface area contributed by atoms with E-state index in [2.05, 4.69) is 90.9 Å². The molecule has 1 amide bonds. The number of para-hydroxylation sites is 1. The number of aromatic nitrogens is 1. The number of ether oxygens (including phenoxy) is 1. The third-order valence-electron chi connectivity index (χ3n) is 6.83. The first-order valence-corrected chi connectivity index (χ1v) is 12.2. The van der Waals surface area contributed by atoms with Crippen LogP contribution in [0.5, 0.6) is 0 Å². The molecule has 0 bridgehead atoms. The highest BCUT2D eigenvalue weighted by Gasteiger charge is 2.22. The van der Waals surface area contributed by atoms with Crippen LogP contribution in [0, 0.1) is 13.8 Å². The third kappa shape index (κ3) is 4.53. The lowest BCUT2D eigenvalue weighted by molar-refractivity contribution is 0.0700. The average molecular weight is 456 g/mol. The molecule has 1 fully saturated rings. The van der Waals surface area contributed by atoms with Crippen LogP contribution < -0.4 is 0 Å². The number of aryl methyl sites for hydroxylation is 3. The fraction of sp³-hybridized carbons (Fsp3) is 0.345. The van der Waals surface area contributed by atoms with E-state index in [1.807, 2.05) is 4.90 Å². The largest absolute Gasteiger partial charge is 0.445 e. The first kappa shape index (κ1) is 22.5. The van der Waals surface area contributed by atoms with Gasteiger partial charge in [0.1, 0.15) is 6.61 Å². The van der Waals surface area contributed by atoms with Gasteiger partial charge in [0.25, 0.3) is 0 Å². The zero-order valence-electron chi connectivity index (χ0n) is 20.4. The lowest BCUT2D eigenvalue weighted by Gasteiger charge is -2.34. The minimum atomic E-state index is -0.215. The zero-order chi connectivity index (χ0) is 23.7. The Morgan fingerprint density at radius 3 is 2.26 bits per heavy atom. The SMILES string of the molecule is CCn1c2ccccc2c2cc(CN3CCN(C(=O)OCc4cc(C)cc(C)c4)CC3)ccc21. The fourth-order valence-electron chi connectivity index (χ4n) is 5.28. The van der Waals surface area contributed by atoms with Crippen molar-refractivity contribution < 1.29 is 9.53 Å². The number of hydrogen-bond acceptors (Lipinski definition) is 3.